The van der Waals surface area contributed by atoms with Crippen molar-refractivity contribution in [1.82, 2.24) is 9.78 Å². The average Bonchev–Trinajstić information content (AvgIpc) is 2.88. The third-order valence-electron chi connectivity index (χ3n) is 2.83. The number of benzene rings is 1. The van der Waals surface area contributed by atoms with Crippen molar-refractivity contribution in [3.63, 3.8) is 0 Å². The summed E-state index contributed by atoms with van der Waals surface area (Å²) in [5.41, 5.74) is 0.588. The summed E-state index contributed by atoms with van der Waals surface area (Å²) in [6.45, 7) is 6.56. The molecule has 0 bridgehead atoms. The zero-order valence-corrected chi connectivity index (χ0v) is 12.0. The summed E-state index contributed by atoms with van der Waals surface area (Å²) >= 11 is 0. The van der Waals surface area contributed by atoms with Gasteiger partial charge >= 0.3 is 0 Å². The Labute approximate surface area is 118 Å². The van der Waals surface area contributed by atoms with Gasteiger partial charge in [0.2, 0.25) is 0 Å². The molecule has 1 aromatic heterocycles. The van der Waals surface area contributed by atoms with Gasteiger partial charge in [-0.25, -0.2) is 4.68 Å². The van der Waals surface area contributed by atoms with Crippen LogP contribution in [0.15, 0.2) is 36.5 Å². The maximum Gasteiger partial charge on any atom is 0.256 e. The number of hydrogen-bond acceptors (Lipinski definition) is 3. The lowest BCUT2D eigenvalue weighted by atomic mass is 10.2. The van der Waals surface area contributed by atoms with E-state index in [1.165, 1.54) is 0 Å². The van der Waals surface area contributed by atoms with E-state index >= 15 is 0 Å². The SMILES string of the molecule is CCOc1ccc(C(=O)Nc2ccnn2C(C)C)cc1. The molecule has 0 unspecified atom stereocenters. The Hall–Kier alpha value is -2.30. The van der Waals surface area contributed by atoms with Crippen LogP contribution in [0.25, 0.3) is 0 Å². The van der Waals surface area contributed by atoms with Crippen molar-refractivity contribution < 1.29 is 9.53 Å². The second-order valence-electron chi connectivity index (χ2n) is 4.67. The van der Waals surface area contributed by atoms with Crippen molar-refractivity contribution in [2.75, 3.05) is 11.9 Å². The van der Waals surface area contributed by atoms with Gasteiger partial charge in [-0.3, -0.25) is 4.79 Å². The highest BCUT2D eigenvalue weighted by atomic mass is 16.5. The number of ether oxygens (including phenoxy) is 1. The molecule has 0 aliphatic rings. The molecule has 1 amide bonds. The lowest BCUT2D eigenvalue weighted by molar-refractivity contribution is 0.102. The summed E-state index contributed by atoms with van der Waals surface area (Å²) in [5.74, 6) is 1.30. The number of aromatic nitrogens is 2. The monoisotopic (exact) mass is 273 g/mol. The second-order valence-corrected chi connectivity index (χ2v) is 4.67. The number of amides is 1. The normalized spacial score (nSPS) is 10.6. The first kappa shape index (κ1) is 14.1. The van der Waals surface area contributed by atoms with Gasteiger partial charge in [-0.05, 0) is 45.0 Å². The zero-order chi connectivity index (χ0) is 14.5. The minimum Gasteiger partial charge on any atom is -0.494 e. The zero-order valence-electron chi connectivity index (χ0n) is 12.0. The van der Waals surface area contributed by atoms with E-state index in [2.05, 4.69) is 10.4 Å². The highest BCUT2D eigenvalue weighted by Gasteiger charge is 2.11. The Morgan fingerprint density at radius 1 is 1.30 bits per heavy atom. The number of nitrogens with zero attached hydrogens (tertiary/aromatic N) is 2. The van der Waals surface area contributed by atoms with Crippen LogP contribution in [-0.4, -0.2) is 22.3 Å². The minimum atomic E-state index is -0.157. The lowest BCUT2D eigenvalue weighted by Gasteiger charge is -2.12. The van der Waals surface area contributed by atoms with Crippen molar-refractivity contribution in [3.8, 4) is 5.75 Å². The van der Waals surface area contributed by atoms with Crippen LogP contribution in [0.3, 0.4) is 0 Å². The molecule has 0 aliphatic heterocycles. The van der Waals surface area contributed by atoms with E-state index in [4.69, 9.17) is 4.74 Å². The molecule has 5 heteroatoms. The van der Waals surface area contributed by atoms with Crippen molar-refractivity contribution in [3.05, 3.63) is 42.1 Å². The van der Waals surface area contributed by atoms with Crippen molar-refractivity contribution in [2.45, 2.75) is 26.8 Å². The molecule has 106 valence electrons. The molecule has 1 aromatic carbocycles. The van der Waals surface area contributed by atoms with Crippen LogP contribution in [-0.2, 0) is 0 Å². The van der Waals surface area contributed by atoms with E-state index in [0.29, 0.717) is 18.0 Å². The van der Waals surface area contributed by atoms with E-state index in [-0.39, 0.29) is 11.9 Å². The molecule has 0 aliphatic carbocycles. The van der Waals surface area contributed by atoms with Gasteiger partial charge in [0, 0.05) is 17.7 Å². The van der Waals surface area contributed by atoms with E-state index in [1.807, 2.05) is 20.8 Å². The molecule has 20 heavy (non-hydrogen) atoms. The third kappa shape index (κ3) is 3.17. The Morgan fingerprint density at radius 2 is 2.00 bits per heavy atom. The van der Waals surface area contributed by atoms with Gasteiger partial charge in [-0.15, -0.1) is 0 Å². The number of anilines is 1. The Morgan fingerprint density at radius 3 is 2.60 bits per heavy atom. The predicted octanol–water partition coefficient (Wildman–Crippen LogP) is 3.12. The Bertz CT molecular complexity index is 573. The first-order chi connectivity index (χ1) is 9.61. The van der Waals surface area contributed by atoms with E-state index in [1.54, 1.807) is 41.2 Å². The van der Waals surface area contributed by atoms with Gasteiger partial charge in [0.25, 0.3) is 5.91 Å². The fraction of sp³-hybridized carbons (Fsp3) is 0.333. The van der Waals surface area contributed by atoms with Gasteiger partial charge in [-0.2, -0.15) is 5.10 Å². The molecule has 0 saturated heterocycles. The fourth-order valence-electron chi connectivity index (χ4n) is 1.88. The molecular formula is C15H19N3O2. The smallest absolute Gasteiger partial charge is 0.256 e. The molecule has 0 spiro atoms. The number of hydrogen-bond donors (Lipinski definition) is 1. The number of nitrogens with one attached hydrogen (secondary N) is 1. The van der Waals surface area contributed by atoms with E-state index in [0.717, 1.165) is 5.75 Å². The molecule has 5 nitrogen and oxygen atoms in total. The second kappa shape index (κ2) is 6.23. The van der Waals surface area contributed by atoms with Gasteiger partial charge in [0.05, 0.1) is 12.8 Å². The number of rotatable bonds is 5. The highest BCUT2D eigenvalue weighted by Crippen LogP contribution is 2.16. The van der Waals surface area contributed by atoms with Crippen LogP contribution in [0, 0.1) is 0 Å². The molecule has 1 heterocycles. The van der Waals surface area contributed by atoms with Crippen LogP contribution in [0.2, 0.25) is 0 Å². The number of carbonyl (C=O) groups excluding carboxylic acids is 1. The van der Waals surface area contributed by atoms with E-state index in [9.17, 15) is 4.79 Å². The summed E-state index contributed by atoms with van der Waals surface area (Å²) in [7, 11) is 0. The first-order valence-corrected chi connectivity index (χ1v) is 6.69. The summed E-state index contributed by atoms with van der Waals surface area (Å²) in [5, 5.41) is 7.04. The third-order valence-corrected chi connectivity index (χ3v) is 2.83. The maximum atomic E-state index is 12.2. The molecule has 2 aromatic rings. The summed E-state index contributed by atoms with van der Waals surface area (Å²) in [4.78, 5) is 12.2. The van der Waals surface area contributed by atoms with Crippen LogP contribution < -0.4 is 10.1 Å². The lowest BCUT2D eigenvalue weighted by Crippen LogP contribution is -2.16. The maximum absolute atomic E-state index is 12.2. The van der Waals surface area contributed by atoms with Crippen molar-refractivity contribution >= 4 is 11.7 Å². The molecule has 2 rings (SSSR count). The minimum absolute atomic E-state index is 0.157. The summed E-state index contributed by atoms with van der Waals surface area (Å²) in [6, 6.07) is 9.05. The Balaban J connectivity index is 2.09. The molecular weight excluding hydrogens is 254 g/mol. The van der Waals surface area contributed by atoms with Crippen LogP contribution in [0.1, 0.15) is 37.2 Å². The quantitative estimate of drug-likeness (QED) is 0.910. The number of carbonyl (C=O) groups is 1. The van der Waals surface area contributed by atoms with Crippen molar-refractivity contribution in [2.24, 2.45) is 0 Å². The largest absolute Gasteiger partial charge is 0.494 e. The van der Waals surface area contributed by atoms with Crippen LogP contribution >= 0.6 is 0 Å². The van der Waals surface area contributed by atoms with Crippen LogP contribution in [0.4, 0.5) is 5.82 Å². The first-order valence-electron chi connectivity index (χ1n) is 6.69. The Kier molecular flexibility index (Phi) is 4.40. The van der Waals surface area contributed by atoms with Gasteiger partial charge < -0.3 is 10.1 Å². The molecule has 0 saturated carbocycles. The highest BCUT2D eigenvalue weighted by molar-refractivity contribution is 6.03. The molecule has 0 fully saturated rings. The molecule has 1 N–H and O–H groups in total. The van der Waals surface area contributed by atoms with Gasteiger partial charge in [0.1, 0.15) is 11.6 Å². The van der Waals surface area contributed by atoms with Crippen molar-refractivity contribution in [1.29, 1.82) is 0 Å². The average molecular weight is 273 g/mol. The standard InChI is InChI=1S/C15H19N3O2/c1-4-20-13-7-5-12(6-8-13)15(19)17-14-9-10-16-18(14)11(2)3/h5-11H,4H2,1-3H3,(H,17,19). The molecule has 0 radical (unpaired) electrons. The van der Waals surface area contributed by atoms with Gasteiger partial charge in [0.15, 0.2) is 0 Å². The summed E-state index contributed by atoms with van der Waals surface area (Å²) < 4.78 is 7.12. The topological polar surface area (TPSA) is 56.1 Å². The van der Waals surface area contributed by atoms with E-state index < -0.39 is 0 Å². The predicted molar refractivity (Wildman–Crippen MR) is 78.2 cm³/mol. The fourth-order valence-corrected chi connectivity index (χ4v) is 1.88. The van der Waals surface area contributed by atoms with Gasteiger partial charge in [-0.1, -0.05) is 0 Å². The summed E-state index contributed by atoms with van der Waals surface area (Å²) in [6.07, 6.45) is 1.67. The van der Waals surface area contributed by atoms with Crippen LogP contribution in [0.5, 0.6) is 5.75 Å². The molecule has 0 atom stereocenters.